The standard InChI is InChI=1S/C18H20N2O3/c19-11-13-6-8-15(9-7-13)17(10-16(20)18(21)22)23-12-14-4-2-1-3-5-14/h1-9,17,20H,10-12,19H2,(H,21,22). The van der Waals surface area contributed by atoms with Gasteiger partial charge in [-0.05, 0) is 16.7 Å². The highest BCUT2D eigenvalue weighted by Gasteiger charge is 2.18. The lowest BCUT2D eigenvalue weighted by molar-refractivity contribution is -0.129. The third-order valence-electron chi connectivity index (χ3n) is 3.53. The highest BCUT2D eigenvalue weighted by molar-refractivity contribution is 6.34. The SMILES string of the molecule is N=C(CC(OCc1ccccc1)c1ccc(CN)cc1)C(=O)O. The first-order valence-electron chi connectivity index (χ1n) is 7.35. The highest BCUT2D eigenvalue weighted by Crippen LogP contribution is 2.24. The first-order valence-corrected chi connectivity index (χ1v) is 7.35. The van der Waals surface area contributed by atoms with E-state index in [-0.39, 0.29) is 12.1 Å². The maximum atomic E-state index is 10.9. The second-order valence-corrected chi connectivity index (χ2v) is 5.22. The molecule has 2 rings (SSSR count). The quantitative estimate of drug-likeness (QED) is 0.653. The predicted molar refractivity (Wildman–Crippen MR) is 88.3 cm³/mol. The molecule has 1 unspecified atom stereocenters. The van der Waals surface area contributed by atoms with Crippen LogP contribution in [0.25, 0.3) is 0 Å². The molecule has 0 saturated heterocycles. The minimum Gasteiger partial charge on any atom is -0.477 e. The highest BCUT2D eigenvalue weighted by atomic mass is 16.5. The summed E-state index contributed by atoms with van der Waals surface area (Å²) in [5.74, 6) is -1.23. The number of nitrogens with two attached hydrogens (primary N) is 1. The molecule has 5 heteroatoms. The molecule has 0 heterocycles. The Kier molecular flexibility index (Phi) is 6.02. The number of nitrogens with one attached hydrogen (secondary N) is 1. The topological polar surface area (TPSA) is 96.4 Å². The summed E-state index contributed by atoms with van der Waals surface area (Å²) in [6, 6.07) is 17.2. The van der Waals surface area contributed by atoms with Crippen LogP contribution in [-0.4, -0.2) is 16.8 Å². The maximum Gasteiger partial charge on any atom is 0.349 e. The van der Waals surface area contributed by atoms with Gasteiger partial charge in [0.2, 0.25) is 0 Å². The predicted octanol–water partition coefficient (Wildman–Crippen LogP) is 2.90. The van der Waals surface area contributed by atoms with Crippen LogP contribution in [0.4, 0.5) is 0 Å². The van der Waals surface area contributed by atoms with E-state index < -0.39 is 12.1 Å². The zero-order valence-electron chi connectivity index (χ0n) is 12.7. The van der Waals surface area contributed by atoms with Crippen molar-refractivity contribution >= 4 is 11.7 Å². The Bertz CT molecular complexity index is 654. The summed E-state index contributed by atoms with van der Waals surface area (Å²) in [5.41, 5.74) is 8.04. The summed E-state index contributed by atoms with van der Waals surface area (Å²) in [6.45, 7) is 0.803. The van der Waals surface area contributed by atoms with E-state index in [0.29, 0.717) is 13.2 Å². The van der Waals surface area contributed by atoms with Crippen molar-refractivity contribution in [3.63, 3.8) is 0 Å². The summed E-state index contributed by atoms with van der Waals surface area (Å²) in [7, 11) is 0. The molecule has 0 aliphatic rings. The Balaban J connectivity index is 2.13. The zero-order valence-corrected chi connectivity index (χ0v) is 12.7. The van der Waals surface area contributed by atoms with Crippen LogP contribution in [0.3, 0.4) is 0 Å². The number of benzene rings is 2. The molecule has 2 aromatic carbocycles. The smallest absolute Gasteiger partial charge is 0.349 e. The van der Waals surface area contributed by atoms with E-state index in [0.717, 1.165) is 16.7 Å². The van der Waals surface area contributed by atoms with E-state index in [9.17, 15) is 4.79 Å². The van der Waals surface area contributed by atoms with Crippen molar-refractivity contribution in [1.29, 1.82) is 5.41 Å². The zero-order chi connectivity index (χ0) is 16.7. The molecule has 2 aromatic rings. The van der Waals surface area contributed by atoms with Crippen molar-refractivity contribution in [3.05, 3.63) is 71.3 Å². The fourth-order valence-electron chi connectivity index (χ4n) is 2.19. The third-order valence-corrected chi connectivity index (χ3v) is 3.53. The Morgan fingerprint density at radius 1 is 1.09 bits per heavy atom. The molecular weight excluding hydrogens is 292 g/mol. The lowest BCUT2D eigenvalue weighted by Gasteiger charge is -2.18. The van der Waals surface area contributed by atoms with Crippen molar-refractivity contribution in [1.82, 2.24) is 0 Å². The van der Waals surface area contributed by atoms with Crippen molar-refractivity contribution in [2.75, 3.05) is 0 Å². The lowest BCUT2D eigenvalue weighted by Crippen LogP contribution is -2.17. The molecule has 0 amide bonds. The normalized spacial score (nSPS) is 11.9. The molecule has 0 aromatic heterocycles. The van der Waals surface area contributed by atoms with Gasteiger partial charge in [-0.1, -0.05) is 54.6 Å². The Morgan fingerprint density at radius 3 is 2.30 bits per heavy atom. The molecule has 1 atom stereocenters. The molecular formula is C18H20N2O3. The molecule has 23 heavy (non-hydrogen) atoms. The summed E-state index contributed by atoms with van der Waals surface area (Å²) < 4.78 is 5.87. The minimum absolute atomic E-state index is 0.0180. The monoisotopic (exact) mass is 312 g/mol. The molecule has 120 valence electrons. The molecule has 0 spiro atoms. The van der Waals surface area contributed by atoms with Crippen molar-refractivity contribution in [3.8, 4) is 0 Å². The lowest BCUT2D eigenvalue weighted by atomic mass is 10.0. The van der Waals surface area contributed by atoms with E-state index in [1.165, 1.54) is 0 Å². The largest absolute Gasteiger partial charge is 0.477 e. The van der Waals surface area contributed by atoms with Crippen LogP contribution in [0.15, 0.2) is 54.6 Å². The third kappa shape index (κ3) is 5.02. The number of carboxylic acid groups (broad SMARTS) is 1. The number of ether oxygens (including phenoxy) is 1. The molecule has 0 aliphatic heterocycles. The van der Waals surface area contributed by atoms with Gasteiger partial charge in [-0.15, -0.1) is 0 Å². The van der Waals surface area contributed by atoms with Crippen molar-refractivity contribution in [2.24, 2.45) is 5.73 Å². The van der Waals surface area contributed by atoms with E-state index in [2.05, 4.69) is 0 Å². The van der Waals surface area contributed by atoms with Gasteiger partial charge in [0, 0.05) is 13.0 Å². The first-order chi connectivity index (χ1) is 11.1. The van der Waals surface area contributed by atoms with Gasteiger partial charge in [-0.25, -0.2) is 4.79 Å². The van der Waals surface area contributed by atoms with Crippen LogP contribution in [0.2, 0.25) is 0 Å². The average molecular weight is 312 g/mol. The van der Waals surface area contributed by atoms with Crippen LogP contribution in [0, 0.1) is 5.41 Å². The molecule has 0 radical (unpaired) electrons. The van der Waals surface area contributed by atoms with Crippen LogP contribution in [0.1, 0.15) is 29.2 Å². The minimum atomic E-state index is -1.23. The molecule has 0 fully saturated rings. The number of hydrogen-bond acceptors (Lipinski definition) is 4. The van der Waals surface area contributed by atoms with Crippen molar-refractivity contribution in [2.45, 2.75) is 25.7 Å². The second kappa shape index (κ2) is 8.22. The van der Waals surface area contributed by atoms with Gasteiger partial charge in [0.1, 0.15) is 5.71 Å². The molecule has 0 saturated carbocycles. The molecule has 0 aliphatic carbocycles. The van der Waals surface area contributed by atoms with Crippen LogP contribution in [-0.2, 0) is 22.7 Å². The molecule has 0 bridgehead atoms. The fraction of sp³-hybridized carbons (Fsp3) is 0.222. The van der Waals surface area contributed by atoms with Gasteiger partial charge in [-0.2, -0.15) is 0 Å². The van der Waals surface area contributed by atoms with Gasteiger partial charge >= 0.3 is 5.97 Å². The number of carbonyl (C=O) groups is 1. The summed E-state index contributed by atoms with van der Waals surface area (Å²) in [6.07, 6.45) is -0.463. The maximum absolute atomic E-state index is 10.9. The summed E-state index contributed by atoms with van der Waals surface area (Å²) >= 11 is 0. The van der Waals surface area contributed by atoms with E-state index >= 15 is 0 Å². The van der Waals surface area contributed by atoms with Gasteiger partial charge in [0.15, 0.2) is 0 Å². The Labute approximate surface area is 135 Å². The second-order valence-electron chi connectivity index (χ2n) is 5.22. The van der Waals surface area contributed by atoms with Crippen LogP contribution < -0.4 is 5.73 Å². The van der Waals surface area contributed by atoms with Crippen LogP contribution >= 0.6 is 0 Å². The average Bonchev–Trinajstić information content (AvgIpc) is 2.59. The van der Waals surface area contributed by atoms with Gasteiger partial charge in [0.05, 0.1) is 12.7 Å². The van der Waals surface area contributed by atoms with E-state index in [1.807, 2.05) is 54.6 Å². The number of aliphatic carboxylic acids is 1. The fourth-order valence-corrected chi connectivity index (χ4v) is 2.19. The van der Waals surface area contributed by atoms with Gasteiger partial charge in [-0.3, -0.25) is 5.41 Å². The first kappa shape index (κ1) is 16.9. The number of hydrogen-bond donors (Lipinski definition) is 3. The Morgan fingerprint density at radius 2 is 1.74 bits per heavy atom. The number of rotatable bonds is 8. The number of carboxylic acids is 1. The van der Waals surface area contributed by atoms with Crippen molar-refractivity contribution < 1.29 is 14.6 Å². The molecule has 5 nitrogen and oxygen atoms in total. The van der Waals surface area contributed by atoms with Gasteiger partial charge < -0.3 is 15.6 Å². The van der Waals surface area contributed by atoms with E-state index in [4.69, 9.17) is 21.0 Å². The van der Waals surface area contributed by atoms with E-state index in [1.54, 1.807) is 0 Å². The van der Waals surface area contributed by atoms with Crippen LogP contribution in [0.5, 0.6) is 0 Å². The van der Waals surface area contributed by atoms with Gasteiger partial charge in [0.25, 0.3) is 0 Å². The molecule has 4 N–H and O–H groups in total. The Hall–Kier alpha value is -2.50. The summed E-state index contributed by atoms with van der Waals surface area (Å²) in [5, 5.41) is 16.5. The summed E-state index contributed by atoms with van der Waals surface area (Å²) in [4.78, 5) is 10.9.